The lowest BCUT2D eigenvalue weighted by molar-refractivity contribution is -0.135. The van der Waals surface area contributed by atoms with Gasteiger partial charge in [-0.15, -0.1) is 0 Å². The number of benzene rings is 2. The number of rotatable bonds is 8. The molecule has 0 saturated carbocycles. The number of carbonyl (C=O) groups excluding carboxylic acids is 2. The molecule has 0 atom stereocenters. The van der Waals surface area contributed by atoms with Gasteiger partial charge in [-0.2, -0.15) is 4.31 Å². The highest BCUT2D eigenvalue weighted by Gasteiger charge is 2.29. The monoisotopic (exact) mass is 499 g/mol. The Bertz CT molecular complexity index is 1110. The van der Waals surface area contributed by atoms with Gasteiger partial charge in [-0.25, -0.2) is 8.42 Å². The van der Waals surface area contributed by atoms with Crippen LogP contribution < -0.4 is 10.1 Å². The van der Waals surface area contributed by atoms with Crippen LogP contribution in [0.4, 0.5) is 5.69 Å². The van der Waals surface area contributed by atoms with E-state index in [0.717, 1.165) is 25.0 Å². The Hall–Kier alpha value is -2.91. The molecule has 2 fully saturated rings. The molecule has 0 bridgehead atoms. The van der Waals surface area contributed by atoms with Crippen molar-refractivity contribution in [3.05, 3.63) is 54.6 Å². The van der Waals surface area contributed by atoms with E-state index < -0.39 is 10.0 Å². The molecule has 2 saturated heterocycles. The van der Waals surface area contributed by atoms with Gasteiger partial charge >= 0.3 is 0 Å². The van der Waals surface area contributed by atoms with Crippen molar-refractivity contribution in [1.29, 1.82) is 0 Å². The molecule has 8 nitrogen and oxygen atoms in total. The van der Waals surface area contributed by atoms with Crippen LogP contribution in [0, 0.1) is 5.92 Å². The largest absolute Gasteiger partial charge is 0.493 e. The maximum atomic E-state index is 12.9. The summed E-state index contributed by atoms with van der Waals surface area (Å²) >= 11 is 0. The normalized spacial score (nSPS) is 17.7. The van der Waals surface area contributed by atoms with Gasteiger partial charge in [0.05, 0.1) is 17.9 Å². The van der Waals surface area contributed by atoms with Gasteiger partial charge in [-0.05, 0) is 56.0 Å². The second-order valence-corrected chi connectivity index (χ2v) is 11.0. The van der Waals surface area contributed by atoms with E-state index in [-0.39, 0.29) is 22.6 Å². The van der Waals surface area contributed by atoms with Gasteiger partial charge in [0, 0.05) is 37.8 Å². The van der Waals surface area contributed by atoms with Gasteiger partial charge in [0.15, 0.2) is 0 Å². The van der Waals surface area contributed by atoms with Crippen molar-refractivity contribution in [2.24, 2.45) is 5.92 Å². The number of anilines is 1. The van der Waals surface area contributed by atoms with Gasteiger partial charge in [0.1, 0.15) is 5.75 Å². The first-order chi connectivity index (χ1) is 16.9. The van der Waals surface area contributed by atoms with Crippen LogP contribution in [0.3, 0.4) is 0 Å². The quantitative estimate of drug-likeness (QED) is 0.600. The number of amides is 2. The minimum absolute atomic E-state index is 0.0235. The third-order valence-corrected chi connectivity index (χ3v) is 8.50. The Labute approximate surface area is 207 Å². The van der Waals surface area contributed by atoms with Crippen LogP contribution in [0.1, 0.15) is 38.5 Å². The first-order valence-electron chi connectivity index (χ1n) is 12.3. The molecule has 0 aliphatic carbocycles. The lowest BCUT2D eigenvalue weighted by Crippen LogP contribution is -2.41. The zero-order chi connectivity index (χ0) is 24.7. The van der Waals surface area contributed by atoms with E-state index in [1.807, 2.05) is 30.3 Å². The summed E-state index contributed by atoms with van der Waals surface area (Å²) in [7, 11) is -3.56. The van der Waals surface area contributed by atoms with Crippen LogP contribution in [-0.2, 0) is 19.6 Å². The standard InChI is InChI=1S/C26H33N3O5S/c30-25(14-19-34-23-9-3-1-4-10-23)28-17-12-21(13-18-28)26(31)27-22-8-7-11-24(20-22)35(32,33)29-15-5-2-6-16-29/h1,3-4,7-11,20-21H,2,5-6,12-19H2,(H,27,31). The Morgan fingerprint density at radius 3 is 2.34 bits per heavy atom. The fourth-order valence-corrected chi connectivity index (χ4v) is 6.12. The molecule has 2 aliphatic heterocycles. The van der Waals surface area contributed by atoms with Crippen molar-refractivity contribution in [2.45, 2.75) is 43.4 Å². The molecule has 0 aromatic heterocycles. The van der Waals surface area contributed by atoms with Crippen molar-refractivity contribution < 1.29 is 22.7 Å². The zero-order valence-corrected chi connectivity index (χ0v) is 20.7. The first kappa shape index (κ1) is 25.2. The topological polar surface area (TPSA) is 96.0 Å². The summed E-state index contributed by atoms with van der Waals surface area (Å²) in [6, 6.07) is 15.9. The summed E-state index contributed by atoms with van der Waals surface area (Å²) in [5.74, 6) is 0.401. The van der Waals surface area contributed by atoms with E-state index in [1.54, 1.807) is 23.1 Å². The number of ether oxygens (including phenoxy) is 1. The molecule has 2 aromatic carbocycles. The molecule has 1 N–H and O–H groups in total. The molecule has 0 radical (unpaired) electrons. The van der Waals surface area contributed by atoms with Crippen LogP contribution in [0.5, 0.6) is 5.75 Å². The summed E-state index contributed by atoms with van der Waals surface area (Å²) in [5, 5.41) is 2.88. The molecule has 0 spiro atoms. The molecule has 4 rings (SSSR count). The Kier molecular flexibility index (Phi) is 8.41. The molecule has 2 amide bonds. The van der Waals surface area contributed by atoms with Crippen LogP contribution in [0.15, 0.2) is 59.5 Å². The summed E-state index contributed by atoms with van der Waals surface area (Å²) in [6.45, 7) is 2.43. The van der Waals surface area contributed by atoms with E-state index in [2.05, 4.69) is 5.32 Å². The number of likely N-dealkylation sites (tertiary alicyclic amines) is 1. The van der Waals surface area contributed by atoms with Crippen LogP contribution in [-0.4, -0.2) is 62.2 Å². The fourth-order valence-electron chi connectivity index (χ4n) is 4.56. The molecular weight excluding hydrogens is 466 g/mol. The maximum absolute atomic E-state index is 12.9. The number of nitrogens with one attached hydrogen (secondary N) is 1. The van der Waals surface area contributed by atoms with Crippen LogP contribution >= 0.6 is 0 Å². The highest BCUT2D eigenvalue weighted by atomic mass is 32.2. The summed E-state index contributed by atoms with van der Waals surface area (Å²) in [6.07, 6.45) is 4.23. The van der Waals surface area contributed by atoms with Crippen LogP contribution in [0.25, 0.3) is 0 Å². The highest BCUT2D eigenvalue weighted by Crippen LogP contribution is 2.25. The predicted octanol–water partition coefficient (Wildman–Crippen LogP) is 3.51. The number of hydrogen-bond acceptors (Lipinski definition) is 5. The van der Waals surface area contributed by atoms with Crippen molar-refractivity contribution in [2.75, 3.05) is 38.1 Å². The number of carbonyl (C=O) groups is 2. The van der Waals surface area contributed by atoms with Crippen molar-refractivity contribution in [1.82, 2.24) is 9.21 Å². The second-order valence-electron chi connectivity index (χ2n) is 9.05. The van der Waals surface area contributed by atoms with Gasteiger partial charge in [-0.1, -0.05) is 30.7 Å². The smallest absolute Gasteiger partial charge is 0.243 e. The third kappa shape index (κ3) is 6.61. The summed E-state index contributed by atoms with van der Waals surface area (Å²) < 4.78 is 33.0. The average molecular weight is 500 g/mol. The van der Waals surface area contributed by atoms with E-state index in [0.29, 0.717) is 57.7 Å². The van der Waals surface area contributed by atoms with Crippen molar-refractivity contribution in [3.8, 4) is 5.75 Å². The van der Waals surface area contributed by atoms with Crippen molar-refractivity contribution >= 4 is 27.5 Å². The molecule has 9 heteroatoms. The maximum Gasteiger partial charge on any atom is 0.243 e. The van der Waals surface area contributed by atoms with Gasteiger partial charge in [0.25, 0.3) is 0 Å². The minimum atomic E-state index is -3.56. The number of piperidine rings is 2. The number of para-hydroxylation sites is 1. The molecule has 2 aliphatic rings. The van der Waals surface area contributed by atoms with E-state index >= 15 is 0 Å². The number of nitrogens with zero attached hydrogens (tertiary/aromatic N) is 2. The van der Waals surface area contributed by atoms with Crippen LogP contribution in [0.2, 0.25) is 0 Å². The molecule has 188 valence electrons. The zero-order valence-electron chi connectivity index (χ0n) is 19.9. The molecule has 35 heavy (non-hydrogen) atoms. The average Bonchev–Trinajstić information content (AvgIpc) is 2.90. The summed E-state index contributed by atoms with van der Waals surface area (Å²) in [4.78, 5) is 27.3. The molecule has 2 aromatic rings. The lowest BCUT2D eigenvalue weighted by Gasteiger charge is -2.31. The van der Waals surface area contributed by atoms with Gasteiger partial charge in [0.2, 0.25) is 21.8 Å². The number of hydrogen-bond donors (Lipinski definition) is 1. The third-order valence-electron chi connectivity index (χ3n) is 6.60. The second kappa shape index (κ2) is 11.7. The Balaban J connectivity index is 1.25. The lowest BCUT2D eigenvalue weighted by atomic mass is 9.95. The molecular formula is C26H33N3O5S. The van der Waals surface area contributed by atoms with Gasteiger partial charge in [-0.3, -0.25) is 9.59 Å². The van der Waals surface area contributed by atoms with E-state index in [9.17, 15) is 18.0 Å². The summed E-state index contributed by atoms with van der Waals surface area (Å²) in [5.41, 5.74) is 0.477. The van der Waals surface area contributed by atoms with Gasteiger partial charge < -0.3 is 15.0 Å². The highest BCUT2D eigenvalue weighted by molar-refractivity contribution is 7.89. The fraction of sp³-hybridized carbons (Fsp3) is 0.462. The Morgan fingerprint density at radius 2 is 1.63 bits per heavy atom. The minimum Gasteiger partial charge on any atom is -0.493 e. The van der Waals surface area contributed by atoms with Crippen molar-refractivity contribution in [3.63, 3.8) is 0 Å². The first-order valence-corrected chi connectivity index (χ1v) is 13.7. The number of sulfonamides is 1. The molecule has 0 unspecified atom stereocenters. The van der Waals surface area contributed by atoms with E-state index in [4.69, 9.17) is 4.74 Å². The SMILES string of the molecule is O=C(Nc1cccc(S(=O)(=O)N2CCCCC2)c1)C1CCN(C(=O)CCOc2ccccc2)CC1. The predicted molar refractivity (Wildman–Crippen MR) is 134 cm³/mol. The Morgan fingerprint density at radius 1 is 0.914 bits per heavy atom. The van der Waals surface area contributed by atoms with E-state index in [1.165, 1.54) is 10.4 Å². The molecule has 2 heterocycles.